The van der Waals surface area contributed by atoms with Crippen molar-refractivity contribution in [1.82, 2.24) is 25.1 Å². The molecule has 0 saturated carbocycles. The molecular weight excluding hydrogens is 274 g/mol. The monoisotopic (exact) mass is 293 g/mol. The van der Waals surface area contributed by atoms with Gasteiger partial charge < -0.3 is 5.32 Å². The van der Waals surface area contributed by atoms with Crippen LogP contribution in [0.15, 0.2) is 18.7 Å². The summed E-state index contributed by atoms with van der Waals surface area (Å²) in [5.74, 6) is 0. The van der Waals surface area contributed by atoms with E-state index < -0.39 is 0 Å². The molecule has 0 amide bonds. The normalized spacial score (nSPS) is 12.6. The number of hydrogen-bond acceptors (Lipinski definition) is 4. The van der Waals surface area contributed by atoms with E-state index in [0.29, 0.717) is 0 Å². The Morgan fingerprint density at radius 3 is 2.60 bits per heavy atom. The van der Waals surface area contributed by atoms with Gasteiger partial charge in [-0.15, -0.1) is 0 Å². The molecule has 0 aliphatic heterocycles. The Balaban J connectivity index is 2.29. The van der Waals surface area contributed by atoms with Crippen LogP contribution in [0.3, 0.4) is 0 Å². The minimum Gasteiger partial charge on any atom is -0.310 e. The van der Waals surface area contributed by atoms with Gasteiger partial charge in [0.2, 0.25) is 0 Å². The minimum absolute atomic E-state index is 0.139. The number of nitrogens with zero attached hydrogens (tertiary/aromatic N) is 4. The van der Waals surface area contributed by atoms with Crippen LogP contribution in [0.5, 0.6) is 0 Å². The summed E-state index contributed by atoms with van der Waals surface area (Å²) in [5.41, 5.74) is 3.00. The van der Waals surface area contributed by atoms with Crippen LogP contribution in [0, 0.1) is 6.92 Å². The molecule has 2 heterocycles. The maximum atomic E-state index is 6.38. The van der Waals surface area contributed by atoms with Crippen LogP contribution >= 0.6 is 11.6 Å². The van der Waals surface area contributed by atoms with Crippen LogP contribution in [0.2, 0.25) is 5.02 Å². The lowest BCUT2D eigenvalue weighted by Gasteiger charge is -2.18. The first-order chi connectivity index (χ1) is 9.67. The average molecular weight is 294 g/mol. The van der Waals surface area contributed by atoms with Gasteiger partial charge in [0.25, 0.3) is 0 Å². The third kappa shape index (κ3) is 3.16. The Labute approximate surface area is 124 Å². The number of nitrogens with one attached hydrogen (secondary N) is 1. The zero-order valence-electron chi connectivity index (χ0n) is 12.1. The zero-order valence-corrected chi connectivity index (χ0v) is 12.9. The summed E-state index contributed by atoms with van der Waals surface area (Å²) in [6.45, 7) is 7.77. The maximum absolute atomic E-state index is 6.38. The number of hydrogen-bond donors (Lipinski definition) is 1. The Bertz CT molecular complexity index is 552. The van der Waals surface area contributed by atoms with Crippen LogP contribution in [0.1, 0.15) is 36.8 Å². The number of rotatable bonds is 6. The van der Waals surface area contributed by atoms with Crippen LogP contribution in [0.4, 0.5) is 0 Å². The Morgan fingerprint density at radius 2 is 2.00 bits per heavy atom. The molecule has 0 bridgehead atoms. The Kier molecular flexibility index (Phi) is 5.09. The van der Waals surface area contributed by atoms with Crippen LogP contribution in [-0.2, 0) is 13.0 Å². The van der Waals surface area contributed by atoms with E-state index in [4.69, 9.17) is 11.6 Å². The first kappa shape index (κ1) is 14.9. The molecule has 0 fully saturated rings. The van der Waals surface area contributed by atoms with E-state index in [2.05, 4.69) is 34.2 Å². The van der Waals surface area contributed by atoms with Crippen molar-refractivity contribution in [2.24, 2.45) is 0 Å². The fourth-order valence-corrected chi connectivity index (χ4v) is 2.51. The van der Waals surface area contributed by atoms with Crippen molar-refractivity contribution in [2.75, 3.05) is 6.54 Å². The molecule has 1 atom stereocenters. The highest BCUT2D eigenvalue weighted by atomic mass is 35.5. The van der Waals surface area contributed by atoms with Gasteiger partial charge in [0.05, 0.1) is 16.4 Å². The lowest BCUT2D eigenvalue weighted by Crippen LogP contribution is -2.24. The molecule has 0 saturated heterocycles. The van der Waals surface area contributed by atoms with E-state index in [9.17, 15) is 0 Å². The van der Waals surface area contributed by atoms with E-state index >= 15 is 0 Å². The second-order valence-electron chi connectivity index (χ2n) is 4.65. The molecule has 2 aromatic rings. The number of halogens is 1. The predicted molar refractivity (Wildman–Crippen MR) is 79.8 cm³/mol. The topological polar surface area (TPSA) is 55.6 Å². The fraction of sp³-hybridized carbons (Fsp3) is 0.500. The van der Waals surface area contributed by atoms with Gasteiger partial charge in [0.1, 0.15) is 6.33 Å². The first-order valence-electron chi connectivity index (χ1n) is 6.87. The third-order valence-corrected chi connectivity index (χ3v) is 3.78. The second kappa shape index (κ2) is 6.81. The van der Waals surface area contributed by atoms with E-state index in [1.54, 1.807) is 6.33 Å². The molecule has 0 aromatic carbocycles. The van der Waals surface area contributed by atoms with Crippen molar-refractivity contribution in [3.05, 3.63) is 40.7 Å². The van der Waals surface area contributed by atoms with Gasteiger partial charge in [-0.2, -0.15) is 5.10 Å². The highest BCUT2D eigenvalue weighted by Gasteiger charge is 2.19. The number of aromatic nitrogens is 4. The van der Waals surface area contributed by atoms with Crippen molar-refractivity contribution in [3.8, 4) is 0 Å². The molecule has 0 radical (unpaired) electrons. The quantitative estimate of drug-likeness (QED) is 0.889. The SMILES string of the molecule is CCNC(Cc1c(Cl)c(C)nn1CC)c1cncnc1. The predicted octanol–water partition coefficient (Wildman–Crippen LogP) is 2.55. The maximum Gasteiger partial charge on any atom is 0.115 e. The molecule has 0 aliphatic carbocycles. The Morgan fingerprint density at radius 1 is 1.30 bits per heavy atom. The summed E-state index contributed by atoms with van der Waals surface area (Å²) in [4.78, 5) is 8.19. The zero-order chi connectivity index (χ0) is 14.5. The molecule has 1 unspecified atom stereocenters. The van der Waals surface area contributed by atoms with Crippen molar-refractivity contribution in [3.63, 3.8) is 0 Å². The standard InChI is InChI=1S/C14H20ClN5/c1-4-18-12(11-7-16-9-17-8-11)6-13-14(15)10(3)19-20(13)5-2/h7-9,12,18H,4-6H2,1-3H3. The van der Waals surface area contributed by atoms with Gasteiger partial charge in [-0.05, 0) is 20.4 Å². The average Bonchev–Trinajstić information content (AvgIpc) is 2.75. The van der Waals surface area contributed by atoms with Gasteiger partial charge in [-0.25, -0.2) is 9.97 Å². The van der Waals surface area contributed by atoms with Gasteiger partial charge in [-0.3, -0.25) is 4.68 Å². The second-order valence-corrected chi connectivity index (χ2v) is 5.03. The molecule has 6 heteroatoms. The third-order valence-electron chi connectivity index (χ3n) is 3.28. The van der Waals surface area contributed by atoms with Crippen molar-refractivity contribution in [2.45, 2.75) is 39.8 Å². The van der Waals surface area contributed by atoms with Gasteiger partial charge >= 0.3 is 0 Å². The highest BCUT2D eigenvalue weighted by Crippen LogP contribution is 2.25. The summed E-state index contributed by atoms with van der Waals surface area (Å²) >= 11 is 6.38. The van der Waals surface area contributed by atoms with Crippen molar-refractivity contribution < 1.29 is 0 Å². The fourth-order valence-electron chi connectivity index (χ4n) is 2.30. The first-order valence-corrected chi connectivity index (χ1v) is 7.25. The van der Waals surface area contributed by atoms with Crippen LogP contribution in [-0.4, -0.2) is 26.3 Å². The van der Waals surface area contributed by atoms with Crippen LogP contribution in [0.25, 0.3) is 0 Å². The number of likely N-dealkylation sites (N-methyl/N-ethyl adjacent to an activating group) is 1. The van der Waals surface area contributed by atoms with E-state index in [1.165, 1.54) is 0 Å². The molecule has 2 aromatic heterocycles. The summed E-state index contributed by atoms with van der Waals surface area (Å²) in [6, 6.07) is 0.139. The Hall–Kier alpha value is -1.46. The smallest absolute Gasteiger partial charge is 0.115 e. The molecule has 1 N–H and O–H groups in total. The summed E-state index contributed by atoms with van der Waals surface area (Å²) in [5, 5.41) is 8.67. The van der Waals surface area contributed by atoms with Gasteiger partial charge in [-0.1, -0.05) is 18.5 Å². The molecular formula is C14H20ClN5. The molecule has 5 nitrogen and oxygen atoms in total. The largest absolute Gasteiger partial charge is 0.310 e. The summed E-state index contributed by atoms with van der Waals surface area (Å²) in [7, 11) is 0. The summed E-state index contributed by atoms with van der Waals surface area (Å²) < 4.78 is 1.96. The molecule has 0 aliphatic rings. The van der Waals surface area contributed by atoms with Gasteiger partial charge in [0, 0.05) is 37.0 Å². The highest BCUT2D eigenvalue weighted by molar-refractivity contribution is 6.31. The molecule has 20 heavy (non-hydrogen) atoms. The van der Waals surface area contributed by atoms with E-state index in [-0.39, 0.29) is 6.04 Å². The van der Waals surface area contributed by atoms with E-state index in [1.807, 2.05) is 24.0 Å². The number of aryl methyl sites for hydroxylation is 2. The lowest BCUT2D eigenvalue weighted by atomic mass is 10.0. The van der Waals surface area contributed by atoms with Crippen molar-refractivity contribution >= 4 is 11.6 Å². The molecule has 0 spiro atoms. The minimum atomic E-state index is 0.139. The lowest BCUT2D eigenvalue weighted by molar-refractivity contribution is 0.513. The van der Waals surface area contributed by atoms with E-state index in [0.717, 1.165) is 41.5 Å². The molecule has 2 rings (SSSR count). The van der Waals surface area contributed by atoms with Gasteiger partial charge in [0.15, 0.2) is 0 Å². The van der Waals surface area contributed by atoms with Crippen molar-refractivity contribution in [1.29, 1.82) is 0 Å². The summed E-state index contributed by atoms with van der Waals surface area (Å²) in [6.07, 6.45) is 6.00. The molecule has 108 valence electrons. The van der Waals surface area contributed by atoms with Crippen LogP contribution < -0.4 is 5.32 Å².